The first-order valence-corrected chi connectivity index (χ1v) is 6.66. The van der Waals surface area contributed by atoms with Crippen molar-refractivity contribution in [2.75, 3.05) is 19.7 Å². The maximum atomic E-state index is 10.6. The molecule has 0 aliphatic rings. The lowest BCUT2D eigenvalue weighted by atomic mass is 10.1. The van der Waals surface area contributed by atoms with E-state index in [1.54, 1.807) is 19.9 Å². The molecule has 2 N–H and O–H groups in total. The highest BCUT2D eigenvalue weighted by atomic mass is 16.6. The fourth-order valence-electron chi connectivity index (χ4n) is 1.73. The van der Waals surface area contributed by atoms with Gasteiger partial charge in [0.25, 0.3) is 5.69 Å². The molecule has 0 saturated heterocycles. The fraction of sp³-hybridized carbons (Fsp3) is 0.571. The predicted octanol–water partition coefficient (Wildman–Crippen LogP) is 2.03. The molecule has 6 heteroatoms. The lowest BCUT2D eigenvalue weighted by Crippen LogP contribution is -2.43. The zero-order chi connectivity index (χ0) is 15.2. The van der Waals surface area contributed by atoms with Gasteiger partial charge in [0.2, 0.25) is 0 Å². The average Bonchev–Trinajstić information content (AvgIpc) is 2.37. The molecule has 20 heavy (non-hydrogen) atoms. The molecule has 0 heterocycles. The normalized spacial score (nSPS) is 13.8. The van der Waals surface area contributed by atoms with Gasteiger partial charge in [-0.2, -0.15) is 0 Å². The molecule has 0 fully saturated rings. The number of aliphatic hydroxyl groups is 1. The number of nitro benzene ring substituents is 1. The molecule has 1 unspecified atom stereocenters. The maximum absolute atomic E-state index is 10.6. The van der Waals surface area contributed by atoms with Crippen LogP contribution in [0.4, 0.5) is 5.69 Å². The van der Waals surface area contributed by atoms with E-state index < -0.39 is 10.5 Å². The molecule has 0 radical (unpaired) electrons. The fourth-order valence-corrected chi connectivity index (χ4v) is 1.73. The monoisotopic (exact) mass is 282 g/mol. The molecule has 0 aliphatic carbocycles. The summed E-state index contributed by atoms with van der Waals surface area (Å²) in [6, 6.07) is 4.41. The Kier molecular flexibility index (Phi) is 5.91. The minimum atomic E-state index is -0.983. The van der Waals surface area contributed by atoms with E-state index in [9.17, 15) is 15.2 Å². The minimum absolute atomic E-state index is 0.0335. The van der Waals surface area contributed by atoms with Crippen LogP contribution in [-0.2, 0) is 0 Å². The van der Waals surface area contributed by atoms with Crippen molar-refractivity contribution in [3.63, 3.8) is 0 Å². The van der Waals surface area contributed by atoms with E-state index in [0.717, 1.165) is 13.0 Å². The minimum Gasteiger partial charge on any atom is -0.490 e. The van der Waals surface area contributed by atoms with Crippen LogP contribution in [-0.4, -0.2) is 35.3 Å². The third kappa shape index (κ3) is 5.14. The molecule has 1 aromatic rings. The number of ether oxygens (including phenoxy) is 1. The number of nitrogens with one attached hydrogen (secondary N) is 1. The van der Waals surface area contributed by atoms with Crippen LogP contribution in [0.1, 0.15) is 25.8 Å². The third-order valence-corrected chi connectivity index (χ3v) is 2.84. The highest BCUT2D eigenvalue weighted by Gasteiger charge is 2.21. The van der Waals surface area contributed by atoms with E-state index in [0.29, 0.717) is 17.9 Å². The van der Waals surface area contributed by atoms with Crippen LogP contribution in [0.15, 0.2) is 18.2 Å². The molecule has 0 bridgehead atoms. The van der Waals surface area contributed by atoms with Gasteiger partial charge in [0.1, 0.15) is 18.0 Å². The Morgan fingerprint density at radius 2 is 2.20 bits per heavy atom. The van der Waals surface area contributed by atoms with Crippen LogP contribution in [0.5, 0.6) is 5.75 Å². The van der Waals surface area contributed by atoms with Gasteiger partial charge in [-0.25, -0.2) is 0 Å². The van der Waals surface area contributed by atoms with Gasteiger partial charge in [-0.3, -0.25) is 10.1 Å². The van der Waals surface area contributed by atoms with Crippen LogP contribution in [0.2, 0.25) is 0 Å². The Labute approximate surface area is 118 Å². The van der Waals surface area contributed by atoms with Gasteiger partial charge in [-0.05, 0) is 38.4 Å². The van der Waals surface area contributed by atoms with Gasteiger partial charge in [-0.1, -0.05) is 6.92 Å². The molecule has 6 nitrogen and oxygen atoms in total. The number of benzene rings is 1. The summed E-state index contributed by atoms with van der Waals surface area (Å²) < 4.78 is 5.55. The zero-order valence-corrected chi connectivity index (χ0v) is 12.2. The van der Waals surface area contributed by atoms with Crippen molar-refractivity contribution in [3.8, 4) is 5.75 Å². The van der Waals surface area contributed by atoms with E-state index in [4.69, 9.17) is 4.74 Å². The first-order chi connectivity index (χ1) is 9.35. The van der Waals surface area contributed by atoms with Crippen molar-refractivity contribution >= 4 is 5.69 Å². The first kappa shape index (κ1) is 16.4. The second-order valence-corrected chi connectivity index (χ2v) is 5.17. The summed E-state index contributed by atoms with van der Waals surface area (Å²) in [7, 11) is 0. The number of hydrogen-bond acceptors (Lipinski definition) is 5. The molecule has 0 spiro atoms. The number of hydrogen-bond donors (Lipinski definition) is 2. The van der Waals surface area contributed by atoms with Crippen molar-refractivity contribution in [2.45, 2.75) is 32.8 Å². The lowest BCUT2D eigenvalue weighted by molar-refractivity contribution is -0.384. The smallest absolute Gasteiger partial charge is 0.269 e. The molecular weight excluding hydrogens is 260 g/mol. The molecule has 0 aromatic heterocycles. The van der Waals surface area contributed by atoms with Crippen molar-refractivity contribution in [2.24, 2.45) is 0 Å². The predicted molar refractivity (Wildman–Crippen MR) is 77.1 cm³/mol. The van der Waals surface area contributed by atoms with Crippen LogP contribution in [0.3, 0.4) is 0 Å². The Hall–Kier alpha value is -1.66. The summed E-state index contributed by atoms with van der Waals surface area (Å²) in [5, 5.41) is 23.9. The van der Waals surface area contributed by atoms with Crippen LogP contribution in [0.25, 0.3) is 0 Å². The number of non-ortho nitro benzene ring substituents is 1. The highest BCUT2D eigenvalue weighted by Crippen LogP contribution is 2.23. The van der Waals surface area contributed by atoms with E-state index in [1.165, 1.54) is 12.1 Å². The van der Waals surface area contributed by atoms with E-state index in [-0.39, 0.29) is 12.3 Å². The molecule has 1 rings (SSSR count). The summed E-state index contributed by atoms with van der Waals surface area (Å²) in [6.07, 6.45) is 0.998. The summed E-state index contributed by atoms with van der Waals surface area (Å²) in [5.41, 5.74) is -0.272. The van der Waals surface area contributed by atoms with Gasteiger partial charge >= 0.3 is 0 Å². The second kappa shape index (κ2) is 7.21. The molecule has 0 saturated carbocycles. The van der Waals surface area contributed by atoms with Crippen LogP contribution in [0, 0.1) is 17.0 Å². The van der Waals surface area contributed by atoms with Crippen molar-refractivity contribution in [3.05, 3.63) is 33.9 Å². The number of nitro groups is 1. The number of nitrogens with zero attached hydrogens (tertiary/aromatic N) is 1. The van der Waals surface area contributed by atoms with Crippen molar-refractivity contribution in [1.29, 1.82) is 0 Å². The summed E-state index contributed by atoms with van der Waals surface area (Å²) in [4.78, 5) is 10.2. The molecule has 112 valence electrons. The molecular formula is C14H22N2O4. The Morgan fingerprint density at radius 3 is 2.75 bits per heavy atom. The number of rotatable bonds is 8. The molecule has 0 amide bonds. The topological polar surface area (TPSA) is 84.6 Å². The first-order valence-electron chi connectivity index (χ1n) is 6.66. The maximum Gasteiger partial charge on any atom is 0.269 e. The van der Waals surface area contributed by atoms with E-state index >= 15 is 0 Å². The van der Waals surface area contributed by atoms with Gasteiger partial charge in [0.15, 0.2) is 0 Å². The van der Waals surface area contributed by atoms with Crippen molar-refractivity contribution < 1.29 is 14.8 Å². The van der Waals surface area contributed by atoms with Crippen LogP contribution < -0.4 is 10.1 Å². The average molecular weight is 282 g/mol. The lowest BCUT2D eigenvalue weighted by Gasteiger charge is -2.24. The summed E-state index contributed by atoms with van der Waals surface area (Å²) in [6.45, 7) is 6.89. The standard InChI is InChI=1S/C14H22N2O4/c1-4-7-15-9-14(3,17)10-20-13-6-5-12(16(18)19)8-11(13)2/h5-6,8,15,17H,4,7,9-10H2,1-3H3. The summed E-state index contributed by atoms with van der Waals surface area (Å²) in [5.74, 6) is 0.548. The van der Waals surface area contributed by atoms with E-state index in [1.807, 2.05) is 0 Å². The summed E-state index contributed by atoms with van der Waals surface area (Å²) >= 11 is 0. The molecule has 1 atom stereocenters. The Bertz CT molecular complexity index is 460. The molecule has 0 aliphatic heterocycles. The highest BCUT2D eigenvalue weighted by molar-refractivity contribution is 5.42. The van der Waals surface area contributed by atoms with E-state index in [2.05, 4.69) is 12.2 Å². The Balaban J connectivity index is 2.58. The van der Waals surface area contributed by atoms with Gasteiger partial charge in [-0.15, -0.1) is 0 Å². The largest absolute Gasteiger partial charge is 0.490 e. The zero-order valence-electron chi connectivity index (χ0n) is 12.2. The van der Waals surface area contributed by atoms with Crippen LogP contribution >= 0.6 is 0 Å². The van der Waals surface area contributed by atoms with Gasteiger partial charge in [0.05, 0.1) is 4.92 Å². The second-order valence-electron chi connectivity index (χ2n) is 5.17. The quantitative estimate of drug-likeness (QED) is 0.433. The SMILES string of the molecule is CCCNCC(C)(O)COc1ccc([N+](=O)[O-])cc1C. The number of aryl methyl sites for hydroxylation is 1. The Morgan fingerprint density at radius 1 is 1.50 bits per heavy atom. The van der Waals surface area contributed by atoms with Crippen molar-refractivity contribution in [1.82, 2.24) is 5.32 Å². The van der Waals surface area contributed by atoms with Gasteiger partial charge < -0.3 is 15.2 Å². The van der Waals surface area contributed by atoms with Gasteiger partial charge in [0, 0.05) is 18.7 Å². The third-order valence-electron chi connectivity index (χ3n) is 2.84. The molecule has 1 aromatic carbocycles.